The maximum Gasteiger partial charge on any atom is 0.240 e. The van der Waals surface area contributed by atoms with Gasteiger partial charge in [0.15, 0.2) is 0 Å². The van der Waals surface area contributed by atoms with Crippen LogP contribution in [0.15, 0.2) is 30.3 Å². The minimum Gasteiger partial charge on any atom is -0.381 e. The third-order valence-electron chi connectivity index (χ3n) is 5.32. The molecule has 5 heteroatoms. The Kier molecular flexibility index (Phi) is 5.87. The number of carbonyl (C=O) groups is 1. The van der Waals surface area contributed by atoms with Crippen molar-refractivity contribution in [2.75, 3.05) is 39.4 Å². The third kappa shape index (κ3) is 4.56. The summed E-state index contributed by atoms with van der Waals surface area (Å²) >= 11 is 0. The Hall–Kier alpha value is -1.43. The van der Waals surface area contributed by atoms with E-state index in [0.717, 1.165) is 39.0 Å². The van der Waals surface area contributed by atoms with E-state index in [-0.39, 0.29) is 5.91 Å². The van der Waals surface area contributed by atoms with Gasteiger partial charge < -0.3 is 20.7 Å². The van der Waals surface area contributed by atoms with Gasteiger partial charge >= 0.3 is 0 Å². The second-order valence-electron chi connectivity index (χ2n) is 7.17. The number of nitrogens with zero attached hydrogens (tertiary/aromatic N) is 1. The number of ether oxygens (including phenoxy) is 1. The molecule has 0 spiro atoms. The first-order valence-electron chi connectivity index (χ1n) is 9.07. The van der Waals surface area contributed by atoms with Crippen LogP contribution in [0.1, 0.15) is 24.8 Å². The fourth-order valence-electron chi connectivity index (χ4n) is 3.59. The Morgan fingerprint density at radius 2 is 2.04 bits per heavy atom. The van der Waals surface area contributed by atoms with Crippen LogP contribution in [-0.4, -0.2) is 55.7 Å². The molecule has 0 saturated carbocycles. The van der Waals surface area contributed by atoms with Crippen molar-refractivity contribution in [2.24, 2.45) is 11.7 Å². The summed E-state index contributed by atoms with van der Waals surface area (Å²) in [5.74, 6) is 0.529. The van der Waals surface area contributed by atoms with E-state index in [0.29, 0.717) is 32.0 Å². The molecule has 1 aromatic rings. The minimum absolute atomic E-state index is 0.00599. The molecule has 5 nitrogen and oxygen atoms in total. The van der Waals surface area contributed by atoms with Gasteiger partial charge in [-0.3, -0.25) is 4.79 Å². The molecule has 2 aliphatic rings. The van der Waals surface area contributed by atoms with Crippen LogP contribution in [0.25, 0.3) is 0 Å². The van der Waals surface area contributed by atoms with Crippen LogP contribution in [-0.2, 0) is 16.0 Å². The van der Waals surface area contributed by atoms with E-state index >= 15 is 0 Å². The summed E-state index contributed by atoms with van der Waals surface area (Å²) in [6, 6.07) is 10.6. The molecule has 24 heavy (non-hydrogen) atoms. The highest BCUT2D eigenvalue weighted by atomic mass is 16.5. The van der Waals surface area contributed by atoms with Crippen molar-refractivity contribution in [2.45, 2.75) is 31.2 Å². The van der Waals surface area contributed by atoms with Gasteiger partial charge in [0.1, 0.15) is 0 Å². The Labute approximate surface area is 144 Å². The van der Waals surface area contributed by atoms with E-state index in [1.807, 2.05) is 0 Å². The van der Waals surface area contributed by atoms with Gasteiger partial charge in [-0.1, -0.05) is 30.3 Å². The highest BCUT2D eigenvalue weighted by molar-refractivity contribution is 5.86. The number of rotatable bonds is 6. The maximum atomic E-state index is 12.4. The first-order valence-corrected chi connectivity index (χ1v) is 9.07. The average molecular weight is 331 g/mol. The standard InChI is InChI=1S/C19H29N3O2/c20-19(8-12-24-13-9-19)18(23)21-14-17-7-11-22(15-17)10-6-16-4-2-1-3-5-16/h1-5,17H,6-15,20H2,(H,21,23). The van der Waals surface area contributed by atoms with Crippen LogP contribution >= 0.6 is 0 Å². The summed E-state index contributed by atoms with van der Waals surface area (Å²) in [5.41, 5.74) is 6.88. The molecular weight excluding hydrogens is 302 g/mol. The molecule has 1 amide bonds. The Bertz CT molecular complexity index is 529. The molecule has 132 valence electrons. The molecule has 1 atom stereocenters. The number of nitrogens with one attached hydrogen (secondary N) is 1. The normalized spacial score (nSPS) is 24.0. The third-order valence-corrected chi connectivity index (χ3v) is 5.32. The summed E-state index contributed by atoms with van der Waals surface area (Å²) < 4.78 is 5.30. The van der Waals surface area contributed by atoms with Gasteiger partial charge in [0, 0.05) is 32.8 Å². The zero-order valence-electron chi connectivity index (χ0n) is 14.4. The van der Waals surface area contributed by atoms with E-state index < -0.39 is 5.54 Å². The fraction of sp³-hybridized carbons (Fsp3) is 0.632. The van der Waals surface area contributed by atoms with Crippen molar-refractivity contribution >= 4 is 5.91 Å². The van der Waals surface area contributed by atoms with Crippen molar-refractivity contribution in [3.63, 3.8) is 0 Å². The van der Waals surface area contributed by atoms with Gasteiger partial charge in [0.25, 0.3) is 0 Å². The van der Waals surface area contributed by atoms with E-state index in [1.54, 1.807) is 0 Å². The number of hydrogen-bond donors (Lipinski definition) is 2. The minimum atomic E-state index is -0.732. The Morgan fingerprint density at radius 1 is 1.29 bits per heavy atom. The number of amides is 1. The average Bonchev–Trinajstić information content (AvgIpc) is 3.07. The highest BCUT2D eigenvalue weighted by Crippen LogP contribution is 2.19. The highest BCUT2D eigenvalue weighted by Gasteiger charge is 2.36. The molecule has 1 aromatic carbocycles. The summed E-state index contributed by atoms with van der Waals surface area (Å²) in [4.78, 5) is 14.9. The molecule has 2 aliphatic heterocycles. The van der Waals surface area contributed by atoms with Crippen molar-refractivity contribution < 1.29 is 9.53 Å². The number of carbonyl (C=O) groups excluding carboxylic acids is 1. The van der Waals surface area contributed by atoms with E-state index in [4.69, 9.17) is 10.5 Å². The molecule has 3 rings (SSSR count). The fourth-order valence-corrected chi connectivity index (χ4v) is 3.59. The van der Waals surface area contributed by atoms with Crippen LogP contribution in [0.5, 0.6) is 0 Å². The molecule has 0 bridgehead atoms. The second-order valence-corrected chi connectivity index (χ2v) is 7.17. The van der Waals surface area contributed by atoms with Crippen molar-refractivity contribution in [3.05, 3.63) is 35.9 Å². The summed E-state index contributed by atoms with van der Waals surface area (Å²) in [6.07, 6.45) is 3.47. The summed E-state index contributed by atoms with van der Waals surface area (Å²) in [7, 11) is 0. The number of hydrogen-bond acceptors (Lipinski definition) is 4. The molecular formula is C19H29N3O2. The molecule has 2 saturated heterocycles. The van der Waals surface area contributed by atoms with Gasteiger partial charge in [-0.05, 0) is 43.7 Å². The van der Waals surface area contributed by atoms with E-state index in [9.17, 15) is 4.79 Å². The molecule has 2 heterocycles. The van der Waals surface area contributed by atoms with E-state index in [2.05, 4.69) is 40.5 Å². The lowest BCUT2D eigenvalue weighted by atomic mass is 9.90. The van der Waals surface area contributed by atoms with Crippen molar-refractivity contribution in [1.29, 1.82) is 0 Å². The van der Waals surface area contributed by atoms with Gasteiger partial charge in [-0.15, -0.1) is 0 Å². The Balaban J connectivity index is 1.37. The number of benzene rings is 1. The topological polar surface area (TPSA) is 67.6 Å². The quantitative estimate of drug-likeness (QED) is 0.821. The molecule has 3 N–H and O–H groups in total. The SMILES string of the molecule is NC1(C(=O)NCC2CCN(CCc3ccccc3)C2)CCOCC1. The number of nitrogens with two attached hydrogens (primary N) is 1. The zero-order valence-corrected chi connectivity index (χ0v) is 14.4. The monoisotopic (exact) mass is 331 g/mol. The lowest BCUT2D eigenvalue weighted by Gasteiger charge is -2.32. The van der Waals surface area contributed by atoms with Crippen LogP contribution in [0, 0.1) is 5.92 Å². The van der Waals surface area contributed by atoms with Crippen LogP contribution in [0.2, 0.25) is 0 Å². The van der Waals surface area contributed by atoms with Gasteiger partial charge in [0.2, 0.25) is 5.91 Å². The molecule has 0 radical (unpaired) electrons. The smallest absolute Gasteiger partial charge is 0.240 e. The van der Waals surface area contributed by atoms with Gasteiger partial charge in [0.05, 0.1) is 5.54 Å². The van der Waals surface area contributed by atoms with E-state index in [1.165, 1.54) is 5.56 Å². The van der Waals surface area contributed by atoms with Crippen LogP contribution in [0.3, 0.4) is 0 Å². The van der Waals surface area contributed by atoms with Crippen LogP contribution in [0.4, 0.5) is 0 Å². The lowest BCUT2D eigenvalue weighted by molar-refractivity contribution is -0.129. The number of likely N-dealkylation sites (tertiary alicyclic amines) is 1. The van der Waals surface area contributed by atoms with Gasteiger partial charge in [-0.25, -0.2) is 0 Å². The lowest BCUT2D eigenvalue weighted by Crippen LogP contribution is -2.57. The maximum absolute atomic E-state index is 12.4. The first kappa shape index (κ1) is 17.4. The predicted molar refractivity (Wildman–Crippen MR) is 94.7 cm³/mol. The molecule has 1 unspecified atom stereocenters. The van der Waals surface area contributed by atoms with Gasteiger partial charge in [-0.2, -0.15) is 0 Å². The summed E-state index contributed by atoms with van der Waals surface area (Å²) in [6.45, 7) is 5.18. The summed E-state index contributed by atoms with van der Waals surface area (Å²) in [5, 5.41) is 3.08. The molecule has 0 aliphatic carbocycles. The predicted octanol–water partition coefficient (Wildman–Crippen LogP) is 1.18. The second kappa shape index (κ2) is 8.10. The molecule has 2 fully saturated rings. The van der Waals surface area contributed by atoms with Crippen molar-refractivity contribution in [3.8, 4) is 0 Å². The van der Waals surface area contributed by atoms with Crippen LogP contribution < -0.4 is 11.1 Å². The van der Waals surface area contributed by atoms with Crippen molar-refractivity contribution in [1.82, 2.24) is 10.2 Å². The molecule has 0 aromatic heterocycles. The Morgan fingerprint density at radius 3 is 2.79 bits per heavy atom. The zero-order chi connectivity index (χ0) is 16.8. The first-order chi connectivity index (χ1) is 11.7. The largest absolute Gasteiger partial charge is 0.381 e.